The number of likely N-dealkylation sites (N-methyl/N-ethyl adjacent to an activating group) is 1. The number of hydrogen-bond donors (Lipinski definition) is 3. The Balaban J connectivity index is 0.745. The highest BCUT2D eigenvalue weighted by Gasteiger charge is 2.45. The first-order valence-corrected chi connectivity index (χ1v) is 22.6. The normalized spacial score (nSPS) is 20.5. The summed E-state index contributed by atoms with van der Waals surface area (Å²) in [6.07, 6.45) is 5.88. The van der Waals surface area contributed by atoms with Crippen LogP contribution in [0.3, 0.4) is 0 Å². The van der Waals surface area contributed by atoms with Gasteiger partial charge in [-0.05, 0) is 113 Å². The first-order valence-electron chi connectivity index (χ1n) is 22.2. The number of carbonyl (C=O) groups excluding carboxylic acids is 5. The van der Waals surface area contributed by atoms with Crippen LogP contribution < -0.4 is 31.1 Å². The summed E-state index contributed by atoms with van der Waals surface area (Å²) in [4.78, 5) is 93.6. The predicted molar refractivity (Wildman–Crippen MR) is 240 cm³/mol. The SMILES string of the molecule is CNC(=O)COc1cc2cc(Nc3nc(N4CCC(CN5CC(N6CCC(c7ccc8c(c7)C(=O)N(C7CCC(=O)NC7=O)C8=O)CC6)C5)CC4)ncc3Cl)ccc2n(C(C)C)c1=O. The van der Waals surface area contributed by atoms with E-state index < -0.39 is 23.8 Å². The molecular formula is C46H53ClN10O7. The van der Waals surface area contributed by atoms with E-state index in [-0.39, 0.29) is 54.5 Å². The molecule has 1 atom stereocenters. The predicted octanol–water partition coefficient (Wildman–Crippen LogP) is 4.08. The third kappa shape index (κ3) is 8.55. The molecule has 0 radical (unpaired) electrons. The fraction of sp³-hybridized carbons (Fsp3) is 0.478. The number of piperidine rings is 3. The Morgan fingerprint density at radius 1 is 0.922 bits per heavy atom. The number of ether oxygens (including phenoxy) is 1. The lowest BCUT2D eigenvalue weighted by molar-refractivity contribution is -0.136. The van der Waals surface area contributed by atoms with E-state index in [1.807, 2.05) is 44.2 Å². The number of aromatic nitrogens is 3. The summed E-state index contributed by atoms with van der Waals surface area (Å²) in [6, 6.07) is 12.3. The summed E-state index contributed by atoms with van der Waals surface area (Å²) in [5.74, 6) is -0.190. The standard InChI is InChI=1S/C46H53ClN10O7/c1-26(2)56-36-7-5-31(18-30(36)20-38(45(56)63)64-25-40(59)48-3)50-41-35(47)21-49-46(52-41)55-14-10-27(11-15-55)22-53-23-32(24-53)54-16-12-28(13-17-54)29-4-6-33-34(19-29)44(62)57(43(33)61)37-8-9-39(58)51-42(37)60/h4-7,18-21,26-28,32,37H,8-17,22-25H2,1-3H3,(H,48,59)(H,49,50,52)(H,51,58,60). The molecule has 18 heteroatoms. The number of amides is 5. The maximum Gasteiger partial charge on any atom is 0.293 e. The van der Waals surface area contributed by atoms with Crippen LogP contribution in [0.25, 0.3) is 10.9 Å². The zero-order valence-corrected chi connectivity index (χ0v) is 37.0. The molecule has 2 aromatic carbocycles. The highest BCUT2D eigenvalue weighted by molar-refractivity contribution is 6.33. The number of hydrogen-bond acceptors (Lipinski definition) is 13. The van der Waals surface area contributed by atoms with Crippen molar-refractivity contribution in [2.45, 2.75) is 76.4 Å². The number of nitrogens with zero attached hydrogens (tertiary/aromatic N) is 7. The minimum atomic E-state index is -0.964. The van der Waals surface area contributed by atoms with E-state index in [4.69, 9.17) is 21.3 Å². The smallest absolute Gasteiger partial charge is 0.293 e. The van der Waals surface area contributed by atoms with E-state index in [0.29, 0.717) is 39.9 Å². The lowest BCUT2D eigenvalue weighted by Crippen LogP contribution is -2.61. The van der Waals surface area contributed by atoms with Gasteiger partial charge in [0, 0.05) is 69.3 Å². The van der Waals surface area contributed by atoms with Crippen molar-refractivity contribution < 1.29 is 28.7 Å². The van der Waals surface area contributed by atoms with Crippen LogP contribution in [-0.4, -0.2) is 130 Å². The zero-order valence-electron chi connectivity index (χ0n) is 36.3. The fourth-order valence-corrected chi connectivity index (χ4v) is 10.0. The van der Waals surface area contributed by atoms with E-state index in [1.54, 1.807) is 22.9 Å². The largest absolute Gasteiger partial charge is 0.478 e. The molecule has 64 heavy (non-hydrogen) atoms. The highest BCUT2D eigenvalue weighted by Crippen LogP contribution is 2.36. The minimum absolute atomic E-state index is 0.0946. The third-order valence-electron chi connectivity index (χ3n) is 13.5. The number of benzene rings is 2. The van der Waals surface area contributed by atoms with E-state index in [1.165, 1.54) is 7.05 Å². The van der Waals surface area contributed by atoms with Crippen LogP contribution in [-0.2, 0) is 14.4 Å². The number of rotatable bonds is 12. The number of imide groups is 2. The molecule has 5 aliphatic rings. The van der Waals surface area contributed by atoms with Crippen molar-refractivity contribution in [3.05, 3.63) is 80.7 Å². The van der Waals surface area contributed by atoms with Crippen molar-refractivity contribution in [1.29, 1.82) is 0 Å². The van der Waals surface area contributed by atoms with Crippen molar-refractivity contribution in [3.63, 3.8) is 0 Å². The number of anilines is 3. The molecule has 4 aromatic rings. The molecule has 1 unspecified atom stereocenters. The van der Waals surface area contributed by atoms with Crippen molar-refractivity contribution in [3.8, 4) is 5.75 Å². The van der Waals surface area contributed by atoms with Gasteiger partial charge in [0.1, 0.15) is 11.1 Å². The van der Waals surface area contributed by atoms with Gasteiger partial charge in [0.15, 0.2) is 18.2 Å². The van der Waals surface area contributed by atoms with Crippen molar-refractivity contribution >= 4 is 69.5 Å². The van der Waals surface area contributed by atoms with Crippen LogP contribution in [0, 0.1) is 5.92 Å². The number of fused-ring (bicyclic) bond motifs is 2. The van der Waals surface area contributed by atoms with Gasteiger partial charge in [-0.3, -0.25) is 48.8 Å². The molecule has 336 valence electrons. The van der Waals surface area contributed by atoms with Crippen molar-refractivity contribution in [2.75, 3.05) is 69.7 Å². The number of halogens is 1. The molecule has 0 bridgehead atoms. The van der Waals surface area contributed by atoms with Gasteiger partial charge >= 0.3 is 0 Å². The Bertz CT molecular complexity index is 2580. The van der Waals surface area contributed by atoms with Gasteiger partial charge < -0.3 is 24.8 Å². The summed E-state index contributed by atoms with van der Waals surface area (Å²) >= 11 is 6.61. The Morgan fingerprint density at radius 3 is 2.39 bits per heavy atom. The number of carbonyl (C=O) groups is 5. The minimum Gasteiger partial charge on any atom is -0.478 e. The second kappa shape index (κ2) is 17.9. The molecule has 7 heterocycles. The molecule has 9 rings (SSSR count). The van der Waals surface area contributed by atoms with E-state index >= 15 is 0 Å². The molecule has 0 aliphatic carbocycles. The summed E-state index contributed by atoms with van der Waals surface area (Å²) in [5, 5.41) is 9.25. The first-order chi connectivity index (χ1) is 30.8. The van der Waals surface area contributed by atoms with Gasteiger partial charge in [-0.2, -0.15) is 4.98 Å². The average molecular weight is 893 g/mol. The Hall–Kier alpha value is -5.91. The topological polar surface area (TPSA) is 191 Å². The average Bonchev–Trinajstić information content (AvgIpc) is 3.52. The van der Waals surface area contributed by atoms with E-state index in [0.717, 1.165) is 98.6 Å². The van der Waals surface area contributed by atoms with Gasteiger partial charge in [0.25, 0.3) is 23.3 Å². The zero-order chi connectivity index (χ0) is 44.8. The number of pyridine rings is 1. The lowest BCUT2D eigenvalue weighted by Gasteiger charge is -2.49. The molecule has 17 nitrogen and oxygen atoms in total. The molecular weight excluding hydrogens is 840 g/mol. The maximum atomic E-state index is 13.4. The second-order valence-corrected chi connectivity index (χ2v) is 18.3. The fourth-order valence-electron chi connectivity index (χ4n) is 9.91. The summed E-state index contributed by atoms with van der Waals surface area (Å²) in [6.45, 7) is 10.4. The van der Waals surface area contributed by atoms with Crippen LogP contribution in [0.5, 0.6) is 5.75 Å². The van der Waals surface area contributed by atoms with E-state index in [9.17, 15) is 28.8 Å². The Kier molecular flexibility index (Phi) is 12.1. The van der Waals surface area contributed by atoms with Crippen molar-refractivity contribution in [1.82, 2.24) is 39.9 Å². The Morgan fingerprint density at radius 2 is 1.67 bits per heavy atom. The van der Waals surface area contributed by atoms with Gasteiger partial charge in [-0.1, -0.05) is 17.7 Å². The molecule has 0 saturated carbocycles. The summed E-state index contributed by atoms with van der Waals surface area (Å²) in [5.41, 5.74) is 2.87. The van der Waals surface area contributed by atoms with Crippen LogP contribution in [0.1, 0.15) is 90.6 Å². The van der Waals surface area contributed by atoms with Gasteiger partial charge in [-0.15, -0.1) is 0 Å². The number of likely N-dealkylation sites (tertiary alicyclic amines) is 2. The van der Waals surface area contributed by atoms with Crippen LogP contribution >= 0.6 is 11.6 Å². The van der Waals surface area contributed by atoms with Gasteiger partial charge in [0.2, 0.25) is 17.8 Å². The third-order valence-corrected chi connectivity index (χ3v) is 13.8. The van der Waals surface area contributed by atoms with Crippen LogP contribution in [0.4, 0.5) is 17.5 Å². The van der Waals surface area contributed by atoms with Crippen molar-refractivity contribution in [2.24, 2.45) is 5.92 Å². The molecule has 3 N–H and O–H groups in total. The van der Waals surface area contributed by atoms with Crippen LogP contribution in [0.2, 0.25) is 5.02 Å². The monoisotopic (exact) mass is 892 g/mol. The molecule has 0 spiro atoms. The first kappa shape index (κ1) is 43.3. The van der Waals surface area contributed by atoms with E-state index in [2.05, 4.69) is 35.6 Å². The summed E-state index contributed by atoms with van der Waals surface area (Å²) in [7, 11) is 1.51. The maximum absolute atomic E-state index is 13.4. The highest BCUT2D eigenvalue weighted by atomic mass is 35.5. The second-order valence-electron chi connectivity index (χ2n) is 17.9. The van der Waals surface area contributed by atoms with Gasteiger partial charge in [0.05, 0.1) is 22.8 Å². The summed E-state index contributed by atoms with van der Waals surface area (Å²) < 4.78 is 7.27. The molecule has 4 saturated heterocycles. The molecule has 5 amide bonds. The molecule has 5 aliphatic heterocycles. The van der Waals surface area contributed by atoms with Crippen LogP contribution in [0.15, 0.2) is 53.5 Å². The molecule has 2 aromatic heterocycles. The van der Waals surface area contributed by atoms with Gasteiger partial charge in [-0.25, -0.2) is 4.98 Å². The number of nitrogens with one attached hydrogen (secondary N) is 3. The lowest BCUT2D eigenvalue weighted by atomic mass is 9.86. The molecule has 4 fully saturated rings. The Labute approximate surface area is 375 Å². The quantitative estimate of drug-likeness (QED) is 0.173.